The van der Waals surface area contributed by atoms with Crippen molar-refractivity contribution in [1.82, 2.24) is 9.55 Å². The Morgan fingerprint density at radius 3 is 2.52 bits per heavy atom. The Labute approximate surface area is 170 Å². The average Bonchev–Trinajstić information content (AvgIpc) is 2.67. The molecule has 0 bridgehead atoms. The molecule has 1 aromatic carbocycles. The molecule has 0 saturated carbocycles. The highest BCUT2D eigenvalue weighted by atomic mass is 16.2. The SMILES string of the molecule is CCCCN(C(=O)c1cccc(N(C)C)c1)c1c(N)n(CC(C)C)c(=O)[nH]c1=O. The second-order valence-corrected chi connectivity index (χ2v) is 7.75. The number of nitrogens with two attached hydrogens (primary N) is 1. The molecule has 0 radical (unpaired) electrons. The molecule has 29 heavy (non-hydrogen) atoms. The minimum absolute atomic E-state index is 0.0145. The normalized spacial score (nSPS) is 11.0. The van der Waals surface area contributed by atoms with Crippen molar-refractivity contribution in [1.29, 1.82) is 0 Å². The van der Waals surface area contributed by atoms with Crippen molar-refractivity contribution in [2.75, 3.05) is 36.2 Å². The third kappa shape index (κ3) is 5.07. The summed E-state index contributed by atoms with van der Waals surface area (Å²) in [5, 5.41) is 0. The number of H-pyrrole nitrogens is 1. The Balaban J connectivity index is 2.61. The summed E-state index contributed by atoms with van der Waals surface area (Å²) in [6.45, 7) is 6.57. The summed E-state index contributed by atoms with van der Waals surface area (Å²) in [6.07, 6.45) is 1.53. The molecule has 0 aliphatic rings. The maximum Gasteiger partial charge on any atom is 0.330 e. The fraction of sp³-hybridized carbons (Fsp3) is 0.476. The second-order valence-electron chi connectivity index (χ2n) is 7.75. The molecule has 8 nitrogen and oxygen atoms in total. The monoisotopic (exact) mass is 401 g/mol. The molecule has 0 fully saturated rings. The highest BCUT2D eigenvalue weighted by Gasteiger charge is 2.25. The first-order valence-electron chi connectivity index (χ1n) is 9.89. The number of unbranched alkanes of at least 4 members (excludes halogenated alkanes) is 1. The summed E-state index contributed by atoms with van der Waals surface area (Å²) in [7, 11) is 3.78. The Morgan fingerprint density at radius 1 is 1.24 bits per heavy atom. The van der Waals surface area contributed by atoms with Crippen LogP contribution in [0.5, 0.6) is 0 Å². The summed E-state index contributed by atoms with van der Waals surface area (Å²) in [4.78, 5) is 43.9. The second kappa shape index (κ2) is 9.45. The Kier molecular flexibility index (Phi) is 7.25. The number of anilines is 3. The van der Waals surface area contributed by atoms with Gasteiger partial charge in [0.2, 0.25) is 0 Å². The van der Waals surface area contributed by atoms with Gasteiger partial charge in [-0.05, 0) is 30.5 Å². The third-order valence-electron chi connectivity index (χ3n) is 4.62. The van der Waals surface area contributed by atoms with Crippen LogP contribution in [-0.4, -0.2) is 36.1 Å². The molecular weight excluding hydrogens is 370 g/mol. The lowest BCUT2D eigenvalue weighted by Gasteiger charge is -2.25. The number of hydrogen-bond donors (Lipinski definition) is 2. The van der Waals surface area contributed by atoms with E-state index in [9.17, 15) is 14.4 Å². The zero-order valence-electron chi connectivity index (χ0n) is 17.9. The molecule has 0 saturated heterocycles. The van der Waals surface area contributed by atoms with E-state index in [4.69, 9.17) is 5.73 Å². The van der Waals surface area contributed by atoms with Crippen molar-refractivity contribution < 1.29 is 4.79 Å². The van der Waals surface area contributed by atoms with Crippen LogP contribution in [0.1, 0.15) is 44.0 Å². The van der Waals surface area contributed by atoms with Crippen LogP contribution in [0.3, 0.4) is 0 Å². The summed E-state index contributed by atoms with van der Waals surface area (Å²) in [5.74, 6) is -0.167. The largest absolute Gasteiger partial charge is 0.383 e. The van der Waals surface area contributed by atoms with E-state index in [1.165, 1.54) is 9.47 Å². The molecule has 2 aromatic rings. The molecule has 3 N–H and O–H groups in total. The number of amides is 1. The van der Waals surface area contributed by atoms with Crippen molar-refractivity contribution in [3.05, 3.63) is 50.7 Å². The van der Waals surface area contributed by atoms with E-state index in [0.717, 1.165) is 12.1 Å². The van der Waals surface area contributed by atoms with E-state index in [0.29, 0.717) is 25.1 Å². The minimum Gasteiger partial charge on any atom is -0.383 e. The molecule has 1 aromatic heterocycles. The fourth-order valence-corrected chi connectivity index (χ4v) is 3.09. The first kappa shape index (κ1) is 22.3. The number of hydrogen-bond acceptors (Lipinski definition) is 5. The minimum atomic E-state index is -0.652. The van der Waals surface area contributed by atoms with E-state index in [1.807, 2.05) is 45.8 Å². The molecule has 0 aliphatic carbocycles. The standard InChI is InChI=1S/C21H31N5O3/c1-6-7-11-25(20(28)15-9-8-10-16(12-15)24(4)5)17-18(22)26(13-14(2)3)21(29)23-19(17)27/h8-10,12,14H,6-7,11,13,22H2,1-5H3,(H,23,27,29). The predicted octanol–water partition coefficient (Wildman–Crippen LogP) is 2.29. The highest BCUT2D eigenvalue weighted by molar-refractivity contribution is 6.07. The smallest absolute Gasteiger partial charge is 0.330 e. The lowest BCUT2D eigenvalue weighted by atomic mass is 10.1. The van der Waals surface area contributed by atoms with Crippen molar-refractivity contribution >= 4 is 23.1 Å². The van der Waals surface area contributed by atoms with E-state index in [1.54, 1.807) is 18.2 Å². The van der Waals surface area contributed by atoms with Crippen molar-refractivity contribution in [2.24, 2.45) is 5.92 Å². The van der Waals surface area contributed by atoms with Gasteiger partial charge in [0.15, 0.2) is 5.69 Å². The number of nitrogens with zero attached hydrogens (tertiary/aromatic N) is 3. The molecule has 0 atom stereocenters. The summed E-state index contributed by atoms with van der Waals surface area (Å²) < 4.78 is 1.32. The first-order valence-corrected chi connectivity index (χ1v) is 9.89. The lowest BCUT2D eigenvalue weighted by Crippen LogP contribution is -2.42. The van der Waals surface area contributed by atoms with Crippen LogP contribution < -0.4 is 26.8 Å². The van der Waals surface area contributed by atoms with Crippen LogP contribution in [0.15, 0.2) is 33.9 Å². The van der Waals surface area contributed by atoms with E-state index >= 15 is 0 Å². The summed E-state index contributed by atoms with van der Waals surface area (Å²) in [5.41, 5.74) is 6.37. The van der Waals surface area contributed by atoms with Crippen LogP contribution in [0.4, 0.5) is 17.2 Å². The van der Waals surface area contributed by atoms with Crippen molar-refractivity contribution in [2.45, 2.75) is 40.2 Å². The number of nitrogens with one attached hydrogen (secondary N) is 1. The van der Waals surface area contributed by atoms with E-state index in [-0.39, 0.29) is 23.3 Å². The van der Waals surface area contributed by atoms with Gasteiger partial charge in [0.05, 0.1) is 0 Å². The van der Waals surface area contributed by atoms with E-state index in [2.05, 4.69) is 4.98 Å². The van der Waals surface area contributed by atoms with Crippen molar-refractivity contribution in [3.8, 4) is 0 Å². The van der Waals surface area contributed by atoms with Gasteiger partial charge in [-0.15, -0.1) is 0 Å². The molecule has 8 heteroatoms. The number of rotatable bonds is 8. The Hall–Kier alpha value is -3.03. The molecule has 1 heterocycles. The van der Waals surface area contributed by atoms with Crippen LogP contribution in [0, 0.1) is 5.92 Å². The van der Waals surface area contributed by atoms with Gasteiger partial charge in [0.25, 0.3) is 11.5 Å². The highest BCUT2D eigenvalue weighted by Crippen LogP contribution is 2.22. The molecule has 158 valence electrons. The van der Waals surface area contributed by atoms with Gasteiger partial charge in [-0.3, -0.25) is 19.1 Å². The predicted molar refractivity (Wildman–Crippen MR) is 118 cm³/mol. The zero-order chi connectivity index (χ0) is 21.7. The molecule has 2 rings (SSSR count). The summed E-state index contributed by atoms with van der Waals surface area (Å²) in [6, 6.07) is 7.18. The van der Waals surface area contributed by atoms with Gasteiger partial charge in [-0.2, -0.15) is 0 Å². The number of benzene rings is 1. The number of carbonyl (C=O) groups is 1. The zero-order valence-corrected chi connectivity index (χ0v) is 17.9. The van der Waals surface area contributed by atoms with Gasteiger partial charge in [-0.1, -0.05) is 33.3 Å². The Morgan fingerprint density at radius 2 is 1.93 bits per heavy atom. The third-order valence-corrected chi connectivity index (χ3v) is 4.62. The first-order chi connectivity index (χ1) is 13.7. The maximum absolute atomic E-state index is 13.4. The van der Waals surface area contributed by atoms with E-state index < -0.39 is 11.2 Å². The van der Waals surface area contributed by atoms with Crippen LogP contribution in [0.25, 0.3) is 0 Å². The number of nitrogen functional groups attached to an aromatic ring is 1. The van der Waals surface area contributed by atoms with Gasteiger partial charge in [0, 0.05) is 38.4 Å². The van der Waals surface area contributed by atoms with Gasteiger partial charge in [-0.25, -0.2) is 4.79 Å². The Bertz CT molecular complexity index is 975. The number of aromatic nitrogens is 2. The number of carbonyl (C=O) groups excluding carboxylic acids is 1. The van der Waals surface area contributed by atoms with Crippen LogP contribution in [0.2, 0.25) is 0 Å². The molecular formula is C21H31N5O3. The molecule has 1 amide bonds. The quantitative estimate of drug-likeness (QED) is 0.706. The number of aromatic amines is 1. The summed E-state index contributed by atoms with van der Waals surface area (Å²) >= 11 is 0. The molecule has 0 unspecified atom stereocenters. The van der Waals surface area contributed by atoms with Gasteiger partial charge < -0.3 is 15.5 Å². The van der Waals surface area contributed by atoms with Crippen LogP contribution >= 0.6 is 0 Å². The molecule has 0 spiro atoms. The molecule has 0 aliphatic heterocycles. The topological polar surface area (TPSA) is 104 Å². The van der Waals surface area contributed by atoms with Crippen LogP contribution in [-0.2, 0) is 6.54 Å². The maximum atomic E-state index is 13.4. The average molecular weight is 402 g/mol. The van der Waals surface area contributed by atoms with Gasteiger partial charge >= 0.3 is 5.69 Å². The lowest BCUT2D eigenvalue weighted by molar-refractivity contribution is 0.0986. The van der Waals surface area contributed by atoms with Gasteiger partial charge in [0.1, 0.15) is 5.82 Å². The fourth-order valence-electron chi connectivity index (χ4n) is 3.09. The van der Waals surface area contributed by atoms with Crippen molar-refractivity contribution in [3.63, 3.8) is 0 Å².